The highest BCUT2D eigenvalue weighted by Crippen LogP contribution is 2.65. The summed E-state index contributed by atoms with van der Waals surface area (Å²) in [6.07, 6.45) is -1.35. The summed E-state index contributed by atoms with van der Waals surface area (Å²) < 4.78 is 21.9. The summed E-state index contributed by atoms with van der Waals surface area (Å²) >= 11 is 0. The highest BCUT2D eigenvalue weighted by Gasteiger charge is 2.72. The number of rotatable bonds is 7. The molecule has 2 aliphatic carbocycles. The summed E-state index contributed by atoms with van der Waals surface area (Å²) in [7, 11) is 1.97. The van der Waals surface area contributed by atoms with E-state index >= 15 is 0 Å². The number of carbonyl (C=O) groups is 4. The van der Waals surface area contributed by atoms with Crippen LogP contribution < -0.4 is 4.74 Å². The highest BCUT2D eigenvalue weighted by molar-refractivity contribution is 5.87. The lowest BCUT2D eigenvalue weighted by Gasteiger charge is -2.61. The topological polar surface area (TPSA) is 149 Å². The van der Waals surface area contributed by atoms with Gasteiger partial charge in [-0.3, -0.25) is 14.4 Å². The van der Waals surface area contributed by atoms with E-state index in [1.54, 1.807) is 12.1 Å². The van der Waals surface area contributed by atoms with E-state index in [0.29, 0.717) is 19.4 Å². The zero-order valence-electron chi connectivity index (χ0n) is 21.7. The Balaban J connectivity index is 1.43. The normalized spacial score (nSPS) is 30.2. The Morgan fingerprint density at radius 2 is 1.95 bits per heavy atom. The molecule has 0 amide bonds. The van der Waals surface area contributed by atoms with E-state index in [4.69, 9.17) is 18.9 Å². The Labute approximate surface area is 219 Å². The minimum absolute atomic E-state index is 0.0600. The van der Waals surface area contributed by atoms with Crippen LogP contribution in [0.4, 0.5) is 0 Å². The molecule has 2 N–H and O–H groups in total. The third kappa shape index (κ3) is 3.79. The minimum atomic E-state index is -1.61. The second-order valence-electron chi connectivity index (χ2n) is 10.6. The SMILES string of the molecule is CC(=O)O[C@@H](CC(=O)OC1=CC[C@@]2(O)[C@H]3Cc4ccc(O)c5c4[C@@]2(CCN3C)[C@H]1O5)C(=O)O[C@@H](C)C(C)=O. The Morgan fingerprint density at radius 3 is 2.63 bits per heavy atom. The van der Waals surface area contributed by atoms with Gasteiger partial charge in [-0.25, -0.2) is 4.79 Å². The first kappa shape index (κ1) is 26.2. The number of Topliss-reactive ketones (excluding diaryl/α,β-unsaturated/α-hetero) is 1. The lowest BCUT2D eigenvalue weighted by Crippen LogP contribution is -2.74. The Morgan fingerprint density at radius 1 is 1.21 bits per heavy atom. The molecular formula is C27H31NO10. The lowest BCUT2D eigenvalue weighted by molar-refractivity contribution is -0.176. The van der Waals surface area contributed by atoms with Crippen molar-refractivity contribution in [2.75, 3.05) is 13.6 Å². The van der Waals surface area contributed by atoms with E-state index in [1.165, 1.54) is 13.8 Å². The molecule has 5 rings (SSSR count). The average Bonchev–Trinajstić information content (AvgIpc) is 3.20. The number of hydrogen-bond donors (Lipinski definition) is 2. The zero-order chi connectivity index (χ0) is 27.6. The maximum Gasteiger partial charge on any atom is 0.348 e. The van der Waals surface area contributed by atoms with E-state index in [0.717, 1.165) is 18.1 Å². The van der Waals surface area contributed by atoms with Gasteiger partial charge in [0.15, 0.2) is 29.5 Å². The molecule has 0 radical (unpaired) electrons. The van der Waals surface area contributed by atoms with Crippen LogP contribution in [0.3, 0.4) is 0 Å². The van der Waals surface area contributed by atoms with Gasteiger partial charge in [0.05, 0.1) is 17.4 Å². The molecule has 204 valence electrons. The fraction of sp³-hybridized carbons (Fsp3) is 0.556. The summed E-state index contributed by atoms with van der Waals surface area (Å²) in [6, 6.07) is 3.20. The molecule has 0 aromatic heterocycles. The van der Waals surface area contributed by atoms with Gasteiger partial charge < -0.3 is 34.1 Å². The van der Waals surface area contributed by atoms with E-state index < -0.39 is 59.4 Å². The molecular weight excluding hydrogens is 498 g/mol. The number of piperidine rings is 1. The van der Waals surface area contributed by atoms with E-state index in [-0.39, 0.29) is 29.7 Å². The van der Waals surface area contributed by atoms with Crippen molar-refractivity contribution in [2.24, 2.45) is 0 Å². The number of likely N-dealkylation sites (N-methyl/N-ethyl adjacent to an activating group) is 1. The van der Waals surface area contributed by atoms with Crippen LogP contribution in [-0.4, -0.2) is 82.4 Å². The van der Waals surface area contributed by atoms with Gasteiger partial charge in [0.25, 0.3) is 0 Å². The van der Waals surface area contributed by atoms with Gasteiger partial charge >= 0.3 is 17.9 Å². The van der Waals surface area contributed by atoms with Gasteiger partial charge in [-0.2, -0.15) is 0 Å². The molecule has 1 aromatic carbocycles. The monoisotopic (exact) mass is 529 g/mol. The van der Waals surface area contributed by atoms with Crippen molar-refractivity contribution in [3.8, 4) is 11.5 Å². The first-order valence-corrected chi connectivity index (χ1v) is 12.6. The minimum Gasteiger partial charge on any atom is -0.504 e. The number of ether oxygens (including phenoxy) is 4. The van der Waals surface area contributed by atoms with Gasteiger partial charge in [0.2, 0.25) is 6.10 Å². The van der Waals surface area contributed by atoms with Crippen LogP contribution in [-0.2, 0) is 45.2 Å². The molecule has 1 fully saturated rings. The van der Waals surface area contributed by atoms with Gasteiger partial charge in [-0.1, -0.05) is 6.07 Å². The number of carbonyl (C=O) groups excluding carboxylic acids is 4. The predicted molar refractivity (Wildman–Crippen MR) is 129 cm³/mol. The van der Waals surface area contributed by atoms with Crippen molar-refractivity contribution >= 4 is 23.7 Å². The van der Waals surface area contributed by atoms with Crippen LogP contribution in [0.15, 0.2) is 24.0 Å². The number of ketones is 1. The van der Waals surface area contributed by atoms with Crippen LogP contribution in [0.2, 0.25) is 0 Å². The molecule has 6 atom stereocenters. The zero-order valence-corrected chi connectivity index (χ0v) is 21.7. The van der Waals surface area contributed by atoms with Crippen molar-refractivity contribution in [1.29, 1.82) is 0 Å². The van der Waals surface area contributed by atoms with Crippen LogP contribution in [0.1, 0.15) is 51.2 Å². The van der Waals surface area contributed by atoms with Crippen LogP contribution >= 0.6 is 0 Å². The molecule has 0 unspecified atom stereocenters. The number of aromatic hydroxyl groups is 1. The molecule has 0 saturated carbocycles. The second-order valence-corrected chi connectivity index (χ2v) is 10.6. The van der Waals surface area contributed by atoms with E-state index in [2.05, 4.69) is 4.90 Å². The Bertz CT molecular complexity index is 1260. The first-order chi connectivity index (χ1) is 17.9. The van der Waals surface area contributed by atoms with Crippen molar-refractivity contribution < 1.29 is 48.3 Å². The number of benzene rings is 1. The molecule has 2 bridgehead atoms. The maximum atomic E-state index is 13.0. The van der Waals surface area contributed by atoms with E-state index in [9.17, 15) is 29.4 Å². The second kappa shape index (κ2) is 9.09. The number of hydrogen-bond acceptors (Lipinski definition) is 11. The third-order valence-corrected chi connectivity index (χ3v) is 8.37. The fourth-order valence-corrected chi connectivity index (χ4v) is 6.47. The smallest absolute Gasteiger partial charge is 0.348 e. The molecule has 2 aliphatic heterocycles. The summed E-state index contributed by atoms with van der Waals surface area (Å²) in [4.78, 5) is 50.7. The molecule has 38 heavy (non-hydrogen) atoms. The number of esters is 3. The average molecular weight is 530 g/mol. The molecule has 11 nitrogen and oxygen atoms in total. The molecule has 4 aliphatic rings. The first-order valence-electron chi connectivity index (χ1n) is 12.6. The predicted octanol–water partition coefficient (Wildman–Crippen LogP) is 1.06. The van der Waals surface area contributed by atoms with Crippen molar-refractivity contribution in [3.05, 3.63) is 35.1 Å². The molecule has 1 aromatic rings. The molecule has 2 heterocycles. The van der Waals surface area contributed by atoms with Gasteiger partial charge in [-0.15, -0.1) is 0 Å². The van der Waals surface area contributed by atoms with Crippen molar-refractivity contribution in [1.82, 2.24) is 4.90 Å². The van der Waals surface area contributed by atoms with E-state index in [1.807, 2.05) is 13.1 Å². The van der Waals surface area contributed by atoms with Crippen molar-refractivity contribution in [3.63, 3.8) is 0 Å². The number of phenolic OH excluding ortho intramolecular Hbond substituents is 1. The standard InChI is InChI=1S/C27H31NO10/c1-13(29)14(2)35-25(33)19(36-15(3)30)12-21(32)37-18-7-8-27(34)20-11-16-5-6-17(31)23-22(16)26(27,24(18)38-23)9-10-28(20)4/h5-7,14,19-20,24,31,34H,8-12H2,1-4H3/t14-,19-,20+,24-,26-,27+/m0/s1. The number of aliphatic hydroxyl groups is 1. The van der Waals surface area contributed by atoms with Crippen molar-refractivity contribution in [2.45, 2.75) is 81.8 Å². The molecule has 11 heteroatoms. The number of nitrogens with zero attached hydrogens (tertiary/aromatic N) is 1. The van der Waals surface area contributed by atoms with Gasteiger partial charge in [-0.05, 0) is 58.0 Å². The lowest BCUT2D eigenvalue weighted by atomic mass is 9.50. The van der Waals surface area contributed by atoms with Crippen LogP contribution in [0, 0.1) is 0 Å². The van der Waals surface area contributed by atoms with Crippen LogP contribution in [0.25, 0.3) is 0 Å². The summed E-state index contributed by atoms with van der Waals surface area (Å²) in [5, 5.41) is 22.8. The van der Waals surface area contributed by atoms with Gasteiger partial charge in [0, 0.05) is 24.9 Å². The summed E-state index contributed by atoms with van der Waals surface area (Å²) in [6.45, 7) is 4.35. The Hall–Kier alpha value is -3.44. The van der Waals surface area contributed by atoms with Gasteiger partial charge in [0.1, 0.15) is 5.76 Å². The number of likely N-dealkylation sites (tertiary alicyclic amines) is 1. The van der Waals surface area contributed by atoms with Crippen LogP contribution in [0.5, 0.6) is 11.5 Å². The largest absolute Gasteiger partial charge is 0.504 e. The molecule has 1 spiro atoms. The third-order valence-electron chi connectivity index (χ3n) is 8.37. The quantitative estimate of drug-likeness (QED) is 0.386. The Kier molecular flexibility index (Phi) is 6.26. The maximum absolute atomic E-state index is 13.0. The number of phenols is 1. The summed E-state index contributed by atoms with van der Waals surface area (Å²) in [5.41, 5.74) is -0.456. The molecule has 1 saturated heterocycles. The highest BCUT2D eigenvalue weighted by atomic mass is 16.6. The summed E-state index contributed by atoms with van der Waals surface area (Å²) in [5.74, 6) is -2.79. The fourth-order valence-electron chi connectivity index (χ4n) is 6.47.